The monoisotopic (exact) mass is 801 g/mol. The van der Waals surface area contributed by atoms with Gasteiger partial charge in [-0.05, 0) is 90.2 Å². The summed E-state index contributed by atoms with van der Waals surface area (Å²) < 4.78 is 16.9. The highest BCUT2D eigenvalue weighted by Crippen LogP contribution is 2.44. The second kappa shape index (κ2) is 19.9. The number of pyridine rings is 1. The van der Waals surface area contributed by atoms with Crippen LogP contribution < -0.4 is 0 Å². The first kappa shape index (κ1) is 41.6. The van der Waals surface area contributed by atoms with Crippen LogP contribution in [0.15, 0.2) is 151 Å². The largest absolute Gasteiger partial charge is 0.508 e. The highest BCUT2D eigenvalue weighted by molar-refractivity contribution is 6.10. The van der Waals surface area contributed by atoms with Crippen molar-refractivity contribution in [1.29, 1.82) is 0 Å². The summed E-state index contributed by atoms with van der Waals surface area (Å²) in [6.45, 7) is 5.21. The van der Waals surface area contributed by atoms with Crippen molar-refractivity contribution in [2.24, 2.45) is 5.92 Å². The number of hydrogen-bond acceptors (Lipinski definition) is 8. The minimum Gasteiger partial charge on any atom is -0.508 e. The zero-order valence-electron chi connectivity index (χ0n) is 34.3. The van der Waals surface area contributed by atoms with Gasteiger partial charge >= 0.3 is 11.9 Å². The SMILES string of the molecule is CCCCCCOC(=O)c1cccc(-c2c3ccccc3nc3ccccc23)c1.CCCCCCOC(=O)c1cccc(C2=C3C=CC(=O)C=C3OC3C=C(O)C=CC23)c1. The van der Waals surface area contributed by atoms with Crippen LogP contribution in [0, 0.1) is 5.92 Å². The van der Waals surface area contributed by atoms with Gasteiger partial charge in [0.25, 0.3) is 0 Å². The number of ketones is 1. The van der Waals surface area contributed by atoms with Crippen molar-refractivity contribution >= 4 is 45.1 Å². The van der Waals surface area contributed by atoms with Gasteiger partial charge < -0.3 is 19.3 Å². The first-order valence-corrected chi connectivity index (χ1v) is 21.1. The molecule has 1 aliphatic heterocycles. The number of rotatable bonds is 14. The summed E-state index contributed by atoms with van der Waals surface area (Å²) in [5, 5.41) is 12.1. The second-order valence-electron chi connectivity index (χ2n) is 15.2. The van der Waals surface area contributed by atoms with Gasteiger partial charge in [0, 0.05) is 33.9 Å². The van der Waals surface area contributed by atoms with Gasteiger partial charge in [0.1, 0.15) is 17.6 Å². The lowest BCUT2D eigenvalue weighted by molar-refractivity contribution is -0.110. The summed E-state index contributed by atoms with van der Waals surface area (Å²) in [4.78, 5) is 41.8. The van der Waals surface area contributed by atoms with Gasteiger partial charge in [-0.15, -0.1) is 0 Å². The second-order valence-corrected chi connectivity index (χ2v) is 15.2. The first-order chi connectivity index (χ1) is 29.3. The Kier molecular flexibility index (Phi) is 13.8. The van der Waals surface area contributed by atoms with Crippen LogP contribution in [0.3, 0.4) is 0 Å². The number of allylic oxidation sites excluding steroid dienone is 4. The van der Waals surface area contributed by atoms with Crippen LogP contribution in [-0.2, 0) is 19.0 Å². The topological polar surface area (TPSA) is 112 Å². The highest BCUT2D eigenvalue weighted by atomic mass is 16.5. The molecule has 8 rings (SSSR count). The van der Waals surface area contributed by atoms with Crippen LogP contribution >= 0.6 is 0 Å². The number of carbonyl (C=O) groups excluding carboxylic acids is 3. The predicted octanol–water partition coefficient (Wildman–Crippen LogP) is 12.0. The molecule has 3 aliphatic rings. The number of para-hydroxylation sites is 2. The van der Waals surface area contributed by atoms with Crippen molar-refractivity contribution < 1.29 is 33.7 Å². The normalized spacial score (nSPS) is 16.5. The van der Waals surface area contributed by atoms with Crippen molar-refractivity contribution in [3.8, 4) is 11.1 Å². The van der Waals surface area contributed by atoms with E-state index in [1.807, 2.05) is 84.9 Å². The minimum absolute atomic E-state index is 0.128. The average Bonchev–Trinajstić information content (AvgIpc) is 3.27. The van der Waals surface area contributed by atoms with E-state index in [1.165, 1.54) is 25.0 Å². The zero-order valence-corrected chi connectivity index (χ0v) is 34.3. The van der Waals surface area contributed by atoms with Crippen LogP contribution in [0.5, 0.6) is 0 Å². The van der Waals surface area contributed by atoms with E-state index in [0.29, 0.717) is 30.1 Å². The summed E-state index contributed by atoms with van der Waals surface area (Å²) in [7, 11) is 0. The lowest BCUT2D eigenvalue weighted by Crippen LogP contribution is -2.30. The first-order valence-electron chi connectivity index (χ1n) is 21.1. The van der Waals surface area contributed by atoms with Gasteiger partial charge in [-0.25, -0.2) is 14.6 Å². The van der Waals surface area contributed by atoms with Gasteiger partial charge in [-0.2, -0.15) is 0 Å². The molecule has 1 N–H and O–H groups in total. The van der Waals surface area contributed by atoms with Crippen molar-refractivity contribution in [2.45, 2.75) is 71.3 Å². The van der Waals surface area contributed by atoms with Gasteiger partial charge in [0.15, 0.2) is 5.78 Å². The molecule has 306 valence electrons. The fourth-order valence-electron chi connectivity index (χ4n) is 7.82. The molecule has 2 atom stereocenters. The summed E-state index contributed by atoms with van der Waals surface area (Å²) in [6, 6.07) is 31.4. The van der Waals surface area contributed by atoms with E-state index in [1.54, 1.807) is 24.3 Å². The molecular weight excluding hydrogens is 751 g/mol. The van der Waals surface area contributed by atoms with Gasteiger partial charge in [-0.1, -0.05) is 119 Å². The molecule has 8 heteroatoms. The van der Waals surface area contributed by atoms with Crippen LogP contribution in [-0.4, -0.2) is 47.1 Å². The molecule has 0 radical (unpaired) electrons. The Hall–Kier alpha value is -6.54. The van der Waals surface area contributed by atoms with Crippen LogP contribution in [0.25, 0.3) is 38.5 Å². The lowest BCUT2D eigenvalue weighted by atomic mass is 9.78. The number of aliphatic hydroxyl groups is 1. The van der Waals surface area contributed by atoms with E-state index in [2.05, 4.69) is 26.0 Å². The van der Waals surface area contributed by atoms with Gasteiger partial charge in [-0.3, -0.25) is 4.79 Å². The van der Waals surface area contributed by atoms with Crippen molar-refractivity contribution in [3.63, 3.8) is 0 Å². The summed E-state index contributed by atoms with van der Waals surface area (Å²) >= 11 is 0. The van der Waals surface area contributed by atoms with Crippen molar-refractivity contribution in [1.82, 2.24) is 4.98 Å². The van der Waals surface area contributed by atoms with Crippen LogP contribution in [0.1, 0.15) is 91.5 Å². The van der Waals surface area contributed by atoms with E-state index in [9.17, 15) is 19.5 Å². The standard InChI is InChI=1S/C26H25NO2.C26H26O5/c1-2-3-4-9-17-29-26(28)20-12-10-11-19(18-20)25-21-13-5-7-15-23(21)27-24-16-8-6-14-22(24)25;1-2-3-4-5-13-30-26(29)18-8-6-7-17(14-18)25-21-11-9-19(27)15-23(21)31-24-16-20(28)10-12-22(24)25/h5-8,10-16,18H,2-4,9,17H2,1H3;6-12,14-16,21,23,27H,2-5,13H2,1H3. The molecule has 0 saturated carbocycles. The summed E-state index contributed by atoms with van der Waals surface area (Å²) in [5.74, 6) is -0.284. The zero-order chi connectivity index (χ0) is 41.8. The molecule has 5 aromatic rings. The molecule has 2 heterocycles. The number of benzene rings is 4. The van der Waals surface area contributed by atoms with Crippen molar-refractivity contribution in [3.05, 3.63) is 167 Å². The highest BCUT2D eigenvalue weighted by Gasteiger charge is 2.36. The molecule has 2 aliphatic carbocycles. The van der Waals surface area contributed by atoms with E-state index < -0.39 is 6.10 Å². The number of unbranched alkanes of at least 4 members (excludes halogenated alkanes) is 6. The number of esters is 2. The number of aromatic nitrogens is 1. The Morgan fingerprint density at radius 1 is 0.683 bits per heavy atom. The molecule has 4 aromatic carbocycles. The Morgan fingerprint density at radius 2 is 1.27 bits per heavy atom. The molecule has 2 unspecified atom stereocenters. The Bertz CT molecular complexity index is 2490. The average molecular weight is 802 g/mol. The van der Waals surface area contributed by atoms with E-state index in [-0.39, 0.29) is 29.4 Å². The minimum atomic E-state index is -0.427. The van der Waals surface area contributed by atoms with Crippen molar-refractivity contribution in [2.75, 3.05) is 13.2 Å². The summed E-state index contributed by atoms with van der Waals surface area (Å²) in [5.41, 5.74) is 7.69. The molecule has 0 amide bonds. The third-order valence-electron chi connectivity index (χ3n) is 10.8. The lowest BCUT2D eigenvalue weighted by Gasteiger charge is -2.36. The van der Waals surface area contributed by atoms with E-state index >= 15 is 0 Å². The molecule has 60 heavy (non-hydrogen) atoms. The maximum absolute atomic E-state index is 12.6. The Morgan fingerprint density at radius 3 is 1.88 bits per heavy atom. The van der Waals surface area contributed by atoms with Crippen LogP contribution in [0.2, 0.25) is 0 Å². The maximum atomic E-state index is 12.6. The predicted molar refractivity (Wildman–Crippen MR) is 237 cm³/mol. The number of ether oxygens (including phenoxy) is 3. The fourth-order valence-corrected chi connectivity index (χ4v) is 7.82. The smallest absolute Gasteiger partial charge is 0.338 e. The molecule has 0 spiro atoms. The Labute approximate surface area is 351 Å². The Balaban J connectivity index is 0.000000182. The van der Waals surface area contributed by atoms with E-state index in [0.717, 1.165) is 88.2 Å². The molecular formula is C52H51NO7. The molecule has 1 aromatic heterocycles. The molecule has 0 bridgehead atoms. The summed E-state index contributed by atoms with van der Waals surface area (Å²) in [6.07, 6.45) is 18.0. The fraction of sp³-hybridized carbons (Fsp3) is 0.269. The maximum Gasteiger partial charge on any atom is 0.338 e. The van der Waals surface area contributed by atoms with Gasteiger partial charge in [0.05, 0.1) is 35.4 Å². The third-order valence-corrected chi connectivity index (χ3v) is 10.8. The molecule has 0 fully saturated rings. The van der Waals surface area contributed by atoms with Gasteiger partial charge in [0.2, 0.25) is 0 Å². The third kappa shape index (κ3) is 9.83. The van der Waals surface area contributed by atoms with Crippen LogP contribution in [0.4, 0.5) is 0 Å². The van der Waals surface area contributed by atoms with E-state index in [4.69, 9.17) is 19.2 Å². The number of nitrogens with zero attached hydrogens (tertiary/aromatic N) is 1. The quantitative estimate of drug-likeness (QED) is 0.0671. The number of hydrogen-bond donors (Lipinski definition) is 1. The number of fused-ring (bicyclic) bond motifs is 4. The molecule has 0 saturated heterocycles. The molecule has 8 nitrogen and oxygen atoms in total. The number of aliphatic hydroxyl groups excluding tert-OH is 1. The number of carbonyl (C=O) groups is 3.